The molecule has 4 nitrogen and oxygen atoms in total. The molecule has 1 aliphatic rings. The molecule has 1 N–H and O–H groups in total. The predicted molar refractivity (Wildman–Crippen MR) is 59.1 cm³/mol. The number of nitrogens with zero attached hydrogens (tertiary/aromatic N) is 1. The smallest absolute Gasteiger partial charge is 0.226 e. The van der Waals surface area contributed by atoms with Crippen LogP contribution in [0.1, 0.15) is 17.0 Å². The molecule has 0 aromatic carbocycles. The highest BCUT2D eigenvalue weighted by Gasteiger charge is 2.22. The molecule has 0 atom stereocenters. The molecular formula is C10H14N2O2S. The van der Waals surface area contributed by atoms with E-state index in [2.05, 4.69) is 10.3 Å². The van der Waals surface area contributed by atoms with Gasteiger partial charge in [0.25, 0.3) is 0 Å². The fraction of sp³-hybridized carbons (Fsp3) is 0.600. The molecule has 0 radical (unpaired) electrons. The van der Waals surface area contributed by atoms with Crippen molar-refractivity contribution in [3.63, 3.8) is 0 Å². The van der Waals surface area contributed by atoms with E-state index in [9.17, 15) is 4.79 Å². The Hall–Kier alpha value is -0.940. The lowest BCUT2D eigenvalue weighted by Crippen LogP contribution is -2.31. The zero-order chi connectivity index (χ0) is 10.8. The second kappa shape index (κ2) is 4.28. The van der Waals surface area contributed by atoms with Crippen LogP contribution in [0.4, 0.5) is 5.13 Å². The molecular weight excluding hydrogens is 212 g/mol. The number of hydrogen-bond donors (Lipinski definition) is 1. The van der Waals surface area contributed by atoms with Gasteiger partial charge in [-0.25, -0.2) is 4.98 Å². The molecule has 1 fully saturated rings. The summed E-state index contributed by atoms with van der Waals surface area (Å²) in [4.78, 5) is 16.9. The summed E-state index contributed by atoms with van der Waals surface area (Å²) in [6.07, 6.45) is 0.539. The summed E-state index contributed by atoms with van der Waals surface area (Å²) in [7, 11) is 0. The molecule has 0 unspecified atom stereocenters. The van der Waals surface area contributed by atoms with Gasteiger partial charge in [-0.15, -0.1) is 11.3 Å². The second-order valence-corrected chi connectivity index (χ2v) is 5.02. The van der Waals surface area contributed by atoms with Crippen molar-refractivity contribution in [2.45, 2.75) is 20.3 Å². The fourth-order valence-corrected chi connectivity index (χ4v) is 2.19. The van der Waals surface area contributed by atoms with Crippen molar-refractivity contribution in [1.82, 2.24) is 4.98 Å². The number of aromatic nitrogens is 1. The van der Waals surface area contributed by atoms with Crippen LogP contribution in [-0.2, 0) is 9.53 Å². The maximum absolute atomic E-state index is 11.5. The van der Waals surface area contributed by atoms with Crippen LogP contribution in [0.15, 0.2) is 0 Å². The summed E-state index contributed by atoms with van der Waals surface area (Å²) in [6, 6.07) is 0. The van der Waals surface area contributed by atoms with E-state index in [1.54, 1.807) is 0 Å². The maximum atomic E-state index is 11.5. The zero-order valence-electron chi connectivity index (χ0n) is 8.87. The van der Waals surface area contributed by atoms with E-state index in [1.807, 2.05) is 13.8 Å². The van der Waals surface area contributed by atoms with Crippen molar-refractivity contribution >= 4 is 22.4 Å². The van der Waals surface area contributed by atoms with E-state index in [1.165, 1.54) is 11.3 Å². The molecule has 0 spiro atoms. The monoisotopic (exact) mass is 226 g/mol. The molecule has 1 aromatic heterocycles. The third-order valence-electron chi connectivity index (χ3n) is 2.46. The van der Waals surface area contributed by atoms with E-state index in [0.717, 1.165) is 10.6 Å². The average Bonchev–Trinajstić information content (AvgIpc) is 2.39. The van der Waals surface area contributed by atoms with E-state index >= 15 is 0 Å². The van der Waals surface area contributed by atoms with Crippen LogP contribution in [-0.4, -0.2) is 24.1 Å². The summed E-state index contributed by atoms with van der Waals surface area (Å²) in [5.74, 6) is 0.434. The second-order valence-electron chi connectivity index (χ2n) is 3.82. The Morgan fingerprint density at radius 1 is 1.60 bits per heavy atom. The summed E-state index contributed by atoms with van der Waals surface area (Å²) in [5.41, 5.74) is 0.988. The molecule has 1 amide bonds. The first-order valence-electron chi connectivity index (χ1n) is 4.97. The van der Waals surface area contributed by atoms with Crippen molar-refractivity contribution in [1.29, 1.82) is 0 Å². The molecule has 0 saturated carbocycles. The minimum Gasteiger partial charge on any atom is -0.381 e. The van der Waals surface area contributed by atoms with Gasteiger partial charge in [0.05, 0.1) is 18.9 Å². The molecule has 15 heavy (non-hydrogen) atoms. The van der Waals surface area contributed by atoms with Crippen molar-refractivity contribution in [3.05, 3.63) is 10.6 Å². The van der Waals surface area contributed by atoms with E-state index < -0.39 is 0 Å². The van der Waals surface area contributed by atoms with Crippen LogP contribution in [0.25, 0.3) is 0 Å². The van der Waals surface area contributed by atoms with Gasteiger partial charge in [0.2, 0.25) is 5.91 Å². The Bertz CT molecular complexity index is 352. The zero-order valence-corrected chi connectivity index (χ0v) is 9.69. The van der Waals surface area contributed by atoms with Crippen LogP contribution >= 0.6 is 11.3 Å². The number of anilines is 1. The molecule has 2 rings (SSSR count). The highest BCUT2D eigenvalue weighted by atomic mass is 32.1. The first-order valence-corrected chi connectivity index (χ1v) is 5.78. The molecule has 1 saturated heterocycles. The number of amides is 1. The third-order valence-corrected chi connectivity index (χ3v) is 3.44. The number of carbonyl (C=O) groups is 1. The number of aryl methyl sites for hydroxylation is 2. The standard InChI is InChI=1S/C10H14N2O2S/c1-6-7(2)15-10(11-6)12-9(13)3-8-4-14-5-8/h8H,3-5H2,1-2H3,(H,11,12,13). The number of hydrogen-bond acceptors (Lipinski definition) is 4. The lowest BCUT2D eigenvalue weighted by molar-refractivity contribution is -0.121. The number of nitrogens with one attached hydrogen (secondary N) is 1. The number of ether oxygens (including phenoxy) is 1. The fourth-order valence-electron chi connectivity index (χ4n) is 1.36. The van der Waals surface area contributed by atoms with Gasteiger partial charge in [0.15, 0.2) is 5.13 Å². The van der Waals surface area contributed by atoms with Crippen LogP contribution in [0, 0.1) is 19.8 Å². The normalized spacial score (nSPS) is 16.1. The Labute approximate surface area is 92.7 Å². The quantitative estimate of drug-likeness (QED) is 0.854. The largest absolute Gasteiger partial charge is 0.381 e. The Morgan fingerprint density at radius 2 is 2.33 bits per heavy atom. The minimum atomic E-state index is 0.0389. The molecule has 0 bridgehead atoms. The van der Waals surface area contributed by atoms with Crippen molar-refractivity contribution in [2.24, 2.45) is 5.92 Å². The Kier molecular flexibility index (Phi) is 3.02. The number of thiazole rings is 1. The summed E-state index contributed by atoms with van der Waals surface area (Å²) in [6.45, 7) is 5.37. The van der Waals surface area contributed by atoms with Gasteiger partial charge in [0.1, 0.15) is 0 Å². The lowest BCUT2D eigenvalue weighted by atomic mass is 10.0. The topological polar surface area (TPSA) is 51.2 Å². The minimum absolute atomic E-state index is 0.0389. The van der Waals surface area contributed by atoms with Gasteiger partial charge >= 0.3 is 0 Å². The predicted octanol–water partition coefficient (Wildman–Crippen LogP) is 1.73. The van der Waals surface area contributed by atoms with E-state index in [-0.39, 0.29) is 5.91 Å². The highest BCUT2D eigenvalue weighted by Crippen LogP contribution is 2.22. The van der Waals surface area contributed by atoms with Crippen molar-refractivity contribution < 1.29 is 9.53 Å². The van der Waals surface area contributed by atoms with Crippen LogP contribution in [0.5, 0.6) is 0 Å². The van der Waals surface area contributed by atoms with E-state index in [0.29, 0.717) is 30.7 Å². The lowest BCUT2D eigenvalue weighted by Gasteiger charge is -2.24. The summed E-state index contributed by atoms with van der Waals surface area (Å²) >= 11 is 1.52. The first-order chi connectivity index (χ1) is 7.15. The van der Waals surface area contributed by atoms with Crippen molar-refractivity contribution in [2.75, 3.05) is 18.5 Å². The Balaban J connectivity index is 1.87. The number of rotatable bonds is 3. The molecule has 2 heterocycles. The highest BCUT2D eigenvalue weighted by molar-refractivity contribution is 7.15. The summed E-state index contributed by atoms with van der Waals surface area (Å²) in [5, 5.41) is 3.52. The van der Waals surface area contributed by atoms with Crippen LogP contribution in [0.2, 0.25) is 0 Å². The van der Waals surface area contributed by atoms with Gasteiger partial charge in [0, 0.05) is 17.2 Å². The molecule has 82 valence electrons. The first kappa shape index (κ1) is 10.6. The van der Waals surface area contributed by atoms with Gasteiger partial charge in [-0.05, 0) is 13.8 Å². The van der Waals surface area contributed by atoms with Gasteiger partial charge in [-0.2, -0.15) is 0 Å². The van der Waals surface area contributed by atoms with Gasteiger partial charge < -0.3 is 10.1 Å². The molecule has 5 heteroatoms. The van der Waals surface area contributed by atoms with Crippen LogP contribution in [0.3, 0.4) is 0 Å². The maximum Gasteiger partial charge on any atom is 0.226 e. The van der Waals surface area contributed by atoms with Crippen molar-refractivity contribution in [3.8, 4) is 0 Å². The van der Waals surface area contributed by atoms with E-state index in [4.69, 9.17) is 4.74 Å². The third kappa shape index (κ3) is 2.54. The molecule has 1 aromatic rings. The Morgan fingerprint density at radius 3 is 2.80 bits per heavy atom. The molecule has 0 aliphatic carbocycles. The average molecular weight is 226 g/mol. The number of carbonyl (C=O) groups excluding carboxylic acids is 1. The van der Waals surface area contributed by atoms with Gasteiger partial charge in [-0.1, -0.05) is 0 Å². The summed E-state index contributed by atoms with van der Waals surface area (Å²) < 4.78 is 5.02. The van der Waals surface area contributed by atoms with Crippen LogP contribution < -0.4 is 5.32 Å². The molecule has 1 aliphatic heterocycles. The SMILES string of the molecule is Cc1nc(NC(=O)CC2COC2)sc1C. The van der Waals surface area contributed by atoms with Gasteiger partial charge in [-0.3, -0.25) is 4.79 Å².